The van der Waals surface area contributed by atoms with Gasteiger partial charge >= 0.3 is 11.9 Å². The SMILES string of the molecule is CC1CC(C(=O)O)CN(C(=O)C2=NN(c3ccccc3)C(C(=O)O)C2)C1. The van der Waals surface area contributed by atoms with Crippen molar-refractivity contribution in [3.8, 4) is 0 Å². The number of likely N-dealkylation sites (tertiary alicyclic amines) is 1. The molecule has 0 aliphatic carbocycles. The Bertz CT molecular complexity index is 748. The molecule has 1 fully saturated rings. The molecule has 2 N–H and O–H groups in total. The molecule has 0 saturated carbocycles. The van der Waals surface area contributed by atoms with Crippen molar-refractivity contribution in [2.45, 2.75) is 25.8 Å². The lowest BCUT2D eigenvalue weighted by Crippen LogP contribution is -2.48. The van der Waals surface area contributed by atoms with Gasteiger partial charge in [-0.3, -0.25) is 14.6 Å². The average Bonchev–Trinajstić information content (AvgIpc) is 3.07. The van der Waals surface area contributed by atoms with E-state index in [2.05, 4.69) is 5.10 Å². The van der Waals surface area contributed by atoms with Gasteiger partial charge in [-0.1, -0.05) is 25.1 Å². The largest absolute Gasteiger partial charge is 0.481 e. The van der Waals surface area contributed by atoms with Crippen LogP contribution in [0, 0.1) is 11.8 Å². The van der Waals surface area contributed by atoms with Gasteiger partial charge in [0, 0.05) is 19.5 Å². The summed E-state index contributed by atoms with van der Waals surface area (Å²) in [7, 11) is 0. The van der Waals surface area contributed by atoms with Crippen LogP contribution in [0.4, 0.5) is 5.69 Å². The van der Waals surface area contributed by atoms with Crippen LogP contribution in [0.1, 0.15) is 19.8 Å². The second kappa shape index (κ2) is 7.15. The van der Waals surface area contributed by atoms with Crippen LogP contribution in [0.25, 0.3) is 0 Å². The van der Waals surface area contributed by atoms with Crippen LogP contribution in [0.2, 0.25) is 0 Å². The van der Waals surface area contributed by atoms with Crippen LogP contribution in [0.5, 0.6) is 0 Å². The highest BCUT2D eigenvalue weighted by molar-refractivity contribution is 6.40. The van der Waals surface area contributed by atoms with Crippen molar-refractivity contribution in [2.24, 2.45) is 16.9 Å². The van der Waals surface area contributed by atoms with Crippen molar-refractivity contribution in [1.29, 1.82) is 0 Å². The molecule has 2 aliphatic heterocycles. The Morgan fingerprint density at radius 3 is 2.38 bits per heavy atom. The molecular formula is C18H21N3O5. The minimum Gasteiger partial charge on any atom is -0.481 e. The maximum Gasteiger partial charge on any atom is 0.328 e. The minimum absolute atomic E-state index is 0.00825. The Labute approximate surface area is 150 Å². The molecule has 3 rings (SSSR count). The third-order valence-electron chi connectivity index (χ3n) is 4.76. The molecule has 1 saturated heterocycles. The van der Waals surface area contributed by atoms with Gasteiger partial charge in [0.2, 0.25) is 0 Å². The number of rotatable bonds is 4. The Kier molecular flexibility index (Phi) is 4.92. The van der Waals surface area contributed by atoms with Gasteiger partial charge in [-0.05, 0) is 24.5 Å². The molecule has 3 unspecified atom stereocenters. The number of para-hydroxylation sites is 1. The van der Waals surface area contributed by atoms with Crippen molar-refractivity contribution >= 4 is 29.2 Å². The van der Waals surface area contributed by atoms with Gasteiger partial charge in [-0.15, -0.1) is 0 Å². The highest BCUT2D eigenvalue weighted by Crippen LogP contribution is 2.27. The molecule has 8 nitrogen and oxygen atoms in total. The Hall–Kier alpha value is -2.90. The maximum atomic E-state index is 12.8. The van der Waals surface area contributed by atoms with Crippen LogP contribution in [0.15, 0.2) is 35.4 Å². The van der Waals surface area contributed by atoms with Gasteiger partial charge in [-0.25, -0.2) is 4.79 Å². The number of carboxylic acids is 2. The molecule has 0 bridgehead atoms. The third-order valence-corrected chi connectivity index (χ3v) is 4.76. The number of nitrogens with zero attached hydrogens (tertiary/aromatic N) is 3. The standard InChI is InChI=1S/C18H21N3O5/c1-11-7-12(17(23)24)10-20(9-11)16(22)14-8-15(18(25)26)21(19-14)13-5-3-2-4-6-13/h2-6,11-12,15H,7-10H2,1H3,(H,23,24)(H,25,26). The molecule has 8 heteroatoms. The summed E-state index contributed by atoms with van der Waals surface area (Å²) in [5.41, 5.74) is 0.748. The number of amides is 1. The van der Waals surface area contributed by atoms with Crippen molar-refractivity contribution in [2.75, 3.05) is 18.1 Å². The number of carbonyl (C=O) groups is 3. The van der Waals surface area contributed by atoms with Crippen LogP contribution in [-0.2, 0) is 14.4 Å². The number of carboxylic acid groups (broad SMARTS) is 2. The molecule has 138 valence electrons. The molecule has 1 amide bonds. The lowest BCUT2D eigenvalue weighted by atomic mass is 9.90. The zero-order chi connectivity index (χ0) is 18.8. The van der Waals surface area contributed by atoms with E-state index in [1.54, 1.807) is 24.3 Å². The number of anilines is 1. The van der Waals surface area contributed by atoms with Gasteiger partial charge in [0.25, 0.3) is 5.91 Å². The highest BCUT2D eigenvalue weighted by atomic mass is 16.4. The van der Waals surface area contributed by atoms with Crippen molar-refractivity contribution in [1.82, 2.24) is 4.90 Å². The number of aliphatic carboxylic acids is 2. The summed E-state index contributed by atoms with van der Waals surface area (Å²) in [6, 6.07) is 7.87. The summed E-state index contributed by atoms with van der Waals surface area (Å²) in [5, 5.41) is 24.4. The zero-order valence-electron chi connectivity index (χ0n) is 14.4. The summed E-state index contributed by atoms with van der Waals surface area (Å²) in [6.45, 7) is 2.48. The van der Waals surface area contributed by atoms with Crippen LogP contribution in [0.3, 0.4) is 0 Å². The molecule has 26 heavy (non-hydrogen) atoms. The third kappa shape index (κ3) is 3.54. The van der Waals surface area contributed by atoms with Crippen molar-refractivity contribution < 1.29 is 24.6 Å². The van der Waals surface area contributed by atoms with E-state index in [0.717, 1.165) is 0 Å². The van der Waals surface area contributed by atoms with Crippen LogP contribution >= 0.6 is 0 Å². The topological polar surface area (TPSA) is 111 Å². The summed E-state index contributed by atoms with van der Waals surface area (Å²) in [4.78, 5) is 37.2. The number of piperidine rings is 1. The second-order valence-electron chi connectivity index (χ2n) is 6.87. The Morgan fingerprint density at radius 2 is 1.77 bits per heavy atom. The normalized spacial score (nSPS) is 25.7. The molecule has 2 heterocycles. The highest BCUT2D eigenvalue weighted by Gasteiger charge is 2.40. The maximum absolute atomic E-state index is 12.8. The fourth-order valence-corrected chi connectivity index (χ4v) is 3.53. The van der Waals surface area contributed by atoms with Gasteiger partial charge < -0.3 is 15.1 Å². The van der Waals surface area contributed by atoms with Crippen molar-refractivity contribution in [3.63, 3.8) is 0 Å². The van der Waals surface area contributed by atoms with Crippen LogP contribution < -0.4 is 5.01 Å². The lowest BCUT2D eigenvalue weighted by Gasteiger charge is -2.34. The van der Waals surface area contributed by atoms with Crippen molar-refractivity contribution in [3.05, 3.63) is 30.3 Å². The molecule has 0 radical (unpaired) electrons. The molecule has 0 aromatic heterocycles. The minimum atomic E-state index is -1.06. The van der Waals surface area contributed by atoms with Gasteiger partial charge in [0.1, 0.15) is 5.71 Å². The van der Waals surface area contributed by atoms with Gasteiger partial charge in [-0.2, -0.15) is 5.10 Å². The number of hydrogen-bond acceptors (Lipinski definition) is 5. The first kappa shape index (κ1) is 17.9. The summed E-state index contributed by atoms with van der Waals surface area (Å²) >= 11 is 0. The van der Waals surface area contributed by atoms with E-state index in [1.807, 2.05) is 13.0 Å². The quantitative estimate of drug-likeness (QED) is 0.838. The number of benzene rings is 1. The number of hydrogen-bond donors (Lipinski definition) is 2. The Morgan fingerprint density at radius 1 is 1.08 bits per heavy atom. The first-order valence-corrected chi connectivity index (χ1v) is 8.53. The first-order chi connectivity index (χ1) is 12.4. The fraction of sp³-hybridized carbons (Fsp3) is 0.444. The molecular weight excluding hydrogens is 338 g/mol. The Balaban J connectivity index is 1.82. The van der Waals surface area contributed by atoms with E-state index in [0.29, 0.717) is 18.7 Å². The van der Waals surface area contributed by atoms with E-state index < -0.39 is 23.9 Å². The fourth-order valence-electron chi connectivity index (χ4n) is 3.53. The van der Waals surface area contributed by atoms with E-state index in [1.165, 1.54) is 9.91 Å². The zero-order valence-corrected chi connectivity index (χ0v) is 14.4. The summed E-state index contributed by atoms with van der Waals surface area (Å²) < 4.78 is 0. The average molecular weight is 359 g/mol. The smallest absolute Gasteiger partial charge is 0.328 e. The first-order valence-electron chi connectivity index (χ1n) is 8.53. The molecule has 2 aliphatic rings. The van der Waals surface area contributed by atoms with Gasteiger partial charge in [0.15, 0.2) is 6.04 Å². The van der Waals surface area contributed by atoms with E-state index in [-0.39, 0.29) is 30.5 Å². The molecule has 0 spiro atoms. The second-order valence-corrected chi connectivity index (χ2v) is 6.87. The summed E-state index contributed by atoms with van der Waals surface area (Å²) in [5.74, 6) is -2.90. The molecule has 3 atom stereocenters. The lowest BCUT2D eigenvalue weighted by molar-refractivity contribution is -0.145. The molecule has 1 aromatic rings. The van der Waals surface area contributed by atoms with E-state index in [9.17, 15) is 24.6 Å². The van der Waals surface area contributed by atoms with E-state index in [4.69, 9.17) is 0 Å². The molecule has 1 aromatic carbocycles. The van der Waals surface area contributed by atoms with E-state index >= 15 is 0 Å². The monoisotopic (exact) mass is 359 g/mol. The number of hydrazone groups is 1. The predicted molar refractivity (Wildman–Crippen MR) is 93.9 cm³/mol. The number of carbonyl (C=O) groups excluding carboxylic acids is 1. The predicted octanol–water partition coefficient (Wildman–Crippen LogP) is 1.28. The summed E-state index contributed by atoms with van der Waals surface area (Å²) in [6.07, 6.45) is 0.519. The van der Waals surface area contributed by atoms with Gasteiger partial charge in [0.05, 0.1) is 11.6 Å². The van der Waals surface area contributed by atoms with Crippen LogP contribution in [-0.4, -0.2) is 57.8 Å².